The Morgan fingerprint density at radius 3 is 2.31 bits per heavy atom. The van der Waals surface area contributed by atoms with E-state index in [1.165, 1.54) is 0 Å². The number of anilines is 1. The molecule has 3 aromatic rings. The quantitative estimate of drug-likeness (QED) is 0.300. The van der Waals surface area contributed by atoms with Crippen LogP contribution in [0, 0.1) is 0 Å². The lowest BCUT2D eigenvalue weighted by atomic mass is 10.0. The van der Waals surface area contributed by atoms with Crippen LogP contribution in [0.5, 0.6) is 5.75 Å². The highest BCUT2D eigenvalue weighted by atomic mass is 16.5. The summed E-state index contributed by atoms with van der Waals surface area (Å²) in [5.74, 6) is -0.887. The first-order valence-electron chi connectivity index (χ1n) is 11.6. The van der Waals surface area contributed by atoms with Crippen LogP contribution in [0.25, 0.3) is 0 Å². The molecule has 0 aliphatic heterocycles. The predicted molar refractivity (Wildman–Crippen MR) is 134 cm³/mol. The molecule has 3 aromatic carbocycles. The molecule has 0 aromatic heterocycles. The number of amides is 2. The molecule has 2 N–H and O–H groups in total. The molecule has 0 aliphatic rings. The Morgan fingerprint density at radius 1 is 0.857 bits per heavy atom. The van der Waals surface area contributed by atoms with Gasteiger partial charge in [0.2, 0.25) is 0 Å². The normalized spacial score (nSPS) is 10.3. The van der Waals surface area contributed by atoms with Crippen LogP contribution < -0.4 is 15.4 Å². The summed E-state index contributed by atoms with van der Waals surface area (Å²) in [7, 11) is 0. The number of hydrogen-bond acceptors (Lipinski definition) is 5. The maximum atomic E-state index is 12.3. The minimum absolute atomic E-state index is 0.342. The van der Waals surface area contributed by atoms with E-state index >= 15 is 0 Å². The number of hydrogen-bond donors (Lipinski definition) is 2. The fourth-order valence-corrected chi connectivity index (χ4v) is 3.29. The molecule has 0 heterocycles. The van der Waals surface area contributed by atoms with Gasteiger partial charge in [-0.25, -0.2) is 0 Å². The van der Waals surface area contributed by atoms with E-state index in [1.54, 1.807) is 30.3 Å². The summed E-state index contributed by atoms with van der Waals surface area (Å²) in [5.41, 5.74) is 3.13. The number of carbonyl (C=O) groups excluding carboxylic acids is 3. The zero-order valence-corrected chi connectivity index (χ0v) is 19.8. The highest BCUT2D eigenvalue weighted by Crippen LogP contribution is 2.19. The van der Waals surface area contributed by atoms with Gasteiger partial charge in [0.1, 0.15) is 12.3 Å². The first kappa shape index (κ1) is 25.5. The van der Waals surface area contributed by atoms with Crippen molar-refractivity contribution in [3.63, 3.8) is 0 Å². The van der Waals surface area contributed by atoms with E-state index in [1.807, 2.05) is 48.5 Å². The Balaban J connectivity index is 1.41. The number of ether oxygens (including phenoxy) is 2. The van der Waals surface area contributed by atoms with E-state index in [2.05, 4.69) is 17.6 Å². The second-order valence-corrected chi connectivity index (χ2v) is 7.94. The monoisotopic (exact) mass is 474 g/mol. The van der Waals surface area contributed by atoms with E-state index in [4.69, 9.17) is 9.47 Å². The summed E-state index contributed by atoms with van der Waals surface area (Å²) < 4.78 is 10.6. The van der Waals surface area contributed by atoms with Gasteiger partial charge in [0.05, 0.1) is 6.61 Å². The van der Waals surface area contributed by atoms with E-state index in [-0.39, 0.29) is 6.54 Å². The Labute approximate surface area is 205 Å². The van der Waals surface area contributed by atoms with Crippen LogP contribution in [0.15, 0.2) is 78.9 Å². The Hall–Kier alpha value is -4.13. The van der Waals surface area contributed by atoms with Crippen molar-refractivity contribution in [1.82, 2.24) is 5.32 Å². The predicted octanol–water partition coefficient (Wildman–Crippen LogP) is 4.37. The first-order chi connectivity index (χ1) is 17.0. The lowest BCUT2D eigenvalue weighted by molar-refractivity contribution is -0.146. The summed E-state index contributed by atoms with van der Waals surface area (Å²) in [6.07, 6.45) is 2.66. The standard InChI is InChI=1S/C28H30N2O5/c1-2-3-17-34-24-15-13-22(14-16-24)28(33)29-19-27(32)35-20-26(31)30-25-12-8-7-11-23(25)18-21-9-5-4-6-10-21/h4-16H,2-3,17-20H2,1H3,(H,29,33)(H,30,31). The lowest BCUT2D eigenvalue weighted by Crippen LogP contribution is -2.32. The van der Waals surface area contributed by atoms with Crippen molar-refractivity contribution >= 4 is 23.5 Å². The van der Waals surface area contributed by atoms with Crippen LogP contribution >= 0.6 is 0 Å². The van der Waals surface area contributed by atoms with Crippen LogP contribution in [0.2, 0.25) is 0 Å². The molecule has 3 rings (SSSR count). The number of para-hydroxylation sites is 1. The van der Waals surface area contributed by atoms with Crippen molar-refractivity contribution < 1.29 is 23.9 Å². The van der Waals surface area contributed by atoms with E-state index in [9.17, 15) is 14.4 Å². The molecule has 0 unspecified atom stereocenters. The molecule has 0 aliphatic carbocycles. The minimum Gasteiger partial charge on any atom is -0.494 e. The van der Waals surface area contributed by atoms with Gasteiger partial charge in [-0.05, 0) is 54.3 Å². The topological polar surface area (TPSA) is 93.7 Å². The molecule has 2 amide bonds. The maximum Gasteiger partial charge on any atom is 0.325 e. The van der Waals surface area contributed by atoms with Crippen LogP contribution in [0.4, 0.5) is 5.69 Å². The Kier molecular flexibility index (Phi) is 9.87. The fraction of sp³-hybridized carbons (Fsp3) is 0.250. The van der Waals surface area contributed by atoms with Gasteiger partial charge in [-0.2, -0.15) is 0 Å². The van der Waals surface area contributed by atoms with Gasteiger partial charge in [0.15, 0.2) is 6.61 Å². The van der Waals surface area contributed by atoms with Crippen LogP contribution in [-0.4, -0.2) is 37.5 Å². The summed E-state index contributed by atoms with van der Waals surface area (Å²) in [6.45, 7) is 1.92. The summed E-state index contributed by atoms with van der Waals surface area (Å²) in [5, 5.41) is 5.28. The smallest absolute Gasteiger partial charge is 0.325 e. The minimum atomic E-state index is -0.703. The molecular weight excluding hydrogens is 444 g/mol. The first-order valence-corrected chi connectivity index (χ1v) is 11.6. The van der Waals surface area contributed by atoms with Crippen LogP contribution in [0.3, 0.4) is 0 Å². The van der Waals surface area contributed by atoms with Crippen molar-refractivity contribution in [2.24, 2.45) is 0 Å². The number of nitrogens with one attached hydrogen (secondary N) is 2. The van der Waals surface area contributed by atoms with Crippen molar-refractivity contribution in [2.45, 2.75) is 26.2 Å². The van der Waals surface area contributed by atoms with E-state index in [0.717, 1.165) is 24.0 Å². The molecule has 0 fully saturated rings. The molecular formula is C28H30N2O5. The molecule has 35 heavy (non-hydrogen) atoms. The zero-order valence-electron chi connectivity index (χ0n) is 19.8. The largest absolute Gasteiger partial charge is 0.494 e. The molecule has 0 bridgehead atoms. The second kappa shape index (κ2) is 13.5. The van der Waals surface area contributed by atoms with Gasteiger partial charge in [-0.1, -0.05) is 61.9 Å². The third-order valence-corrected chi connectivity index (χ3v) is 5.17. The molecule has 0 saturated carbocycles. The molecule has 182 valence electrons. The van der Waals surface area contributed by atoms with Gasteiger partial charge in [-0.3, -0.25) is 14.4 Å². The van der Waals surface area contributed by atoms with Crippen LogP contribution in [0.1, 0.15) is 41.3 Å². The maximum absolute atomic E-state index is 12.3. The highest BCUT2D eigenvalue weighted by Gasteiger charge is 2.12. The van der Waals surface area contributed by atoms with Gasteiger partial charge < -0.3 is 20.1 Å². The van der Waals surface area contributed by atoms with Crippen molar-refractivity contribution in [3.8, 4) is 5.75 Å². The molecule has 0 radical (unpaired) electrons. The molecule has 7 heteroatoms. The number of benzene rings is 3. The van der Waals surface area contributed by atoms with Crippen molar-refractivity contribution in [2.75, 3.05) is 25.1 Å². The molecule has 0 saturated heterocycles. The van der Waals surface area contributed by atoms with Crippen LogP contribution in [-0.2, 0) is 20.7 Å². The Bertz CT molecular complexity index is 1110. The number of esters is 1. The van der Waals surface area contributed by atoms with E-state index in [0.29, 0.717) is 30.0 Å². The average Bonchev–Trinajstić information content (AvgIpc) is 2.88. The van der Waals surface area contributed by atoms with Gasteiger partial charge >= 0.3 is 5.97 Å². The lowest BCUT2D eigenvalue weighted by Gasteiger charge is -2.12. The highest BCUT2D eigenvalue weighted by molar-refractivity contribution is 5.96. The van der Waals surface area contributed by atoms with E-state index < -0.39 is 24.4 Å². The molecule has 0 spiro atoms. The molecule has 0 atom stereocenters. The number of unbranched alkanes of at least 4 members (excludes halogenated alkanes) is 1. The van der Waals surface area contributed by atoms with Gasteiger partial charge in [0.25, 0.3) is 11.8 Å². The third-order valence-electron chi connectivity index (χ3n) is 5.17. The number of carbonyl (C=O) groups is 3. The third kappa shape index (κ3) is 8.62. The Morgan fingerprint density at radius 2 is 1.57 bits per heavy atom. The van der Waals surface area contributed by atoms with Crippen molar-refractivity contribution in [1.29, 1.82) is 0 Å². The summed E-state index contributed by atoms with van der Waals surface area (Å²) in [4.78, 5) is 36.6. The average molecular weight is 475 g/mol. The SMILES string of the molecule is CCCCOc1ccc(C(=O)NCC(=O)OCC(=O)Nc2ccccc2Cc2ccccc2)cc1. The molecule has 7 nitrogen and oxygen atoms in total. The van der Waals surface area contributed by atoms with Gasteiger partial charge in [-0.15, -0.1) is 0 Å². The van der Waals surface area contributed by atoms with Crippen molar-refractivity contribution in [3.05, 3.63) is 95.6 Å². The fourth-order valence-electron chi connectivity index (χ4n) is 3.29. The second-order valence-electron chi connectivity index (χ2n) is 7.94. The summed E-state index contributed by atoms with van der Waals surface area (Å²) in [6, 6.07) is 24.1. The van der Waals surface area contributed by atoms with Gasteiger partial charge in [0, 0.05) is 11.3 Å². The zero-order chi connectivity index (χ0) is 24.9. The summed E-state index contributed by atoms with van der Waals surface area (Å²) >= 11 is 0. The number of rotatable bonds is 12.